The van der Waals surface area contributed by atoms with Gasteiger partial charge in [0.15, 0.2) is 0 Å². The second-order valence-electron chi connectivity index (χ2n) is 29.0. The molecule has 0 spiro atoms. The summed E-state index contributed by atoms with van der Waals surface area (Å²) in [6.07, 6.45) is 4.64. The van der Waals surface area contributed by atoms with E-state index in [1.165, 1.54) is 22.3 Å². The molecule has 8 nitrogen and oxygen atoms in total. The largest absolute Gasteiger partial charge is 2.00 e. The van der Waals surface area contributed by atoms with E-state index in [0.717, 1.165) is 83.0 Å². The van der Waals surface area contributed by atoms with E-state index in [1.54, 1.807) is 0 Å². The molecule has 0 N–H and O–H groups in total. The third-order valence-electron chi connectivity index (χ3n) is 14.0. The summed E-state index contributed by atoms with van der Waals surface area (Å²) in [7, 11) is -9.45. The van der Waals surface area contributed by atoms with Gasteiger partial charge in [0.2, 0.25) is 0 Å². The Morgan fingerprint density at radius 1 is 0.315 bits per heavy atom. The van der Waals surface area contributed by atoms with Crippen molar-refractivity contribution in [3.63, 3.8) is 0 Å². The third-order valence-corrected chi connectivity index (χ3v) is 15.6. The number of benzene rings is 4. The minimum Gasteiger partial charge on any atom is -0.736 e. The average Bonchev–Trinajstić information content (AvgIpc) is 3.15. The number of phosphoric acid groups is 2. The molecule has 0 saturated carbocycles. The van der Waals surface area contributed by atoms with Crippen LogP contribution in [0.3, 0.4) is 0 Å². The number of hydrogen-bond donors (Lipinski definition) is 0. The quantitative estimate of drug-likeness (QED) is 0.126. The smallest absolute Gasteiger partial charge is 0.736 e. The average molecular weight is 1070 g/mol. The molecule has 0 atom stereocenters. The molecule has 4 aromatic carbocycles. The van der Waals surface area contributed by atoms with Gasteiger partial charge in [0.05, 0.1) is 0 Å². The van der Waals surface area contributed by atoms with Gasteiger partial charge in [0.1, 0.15) is 23.0 Å². The van der Waals surface area contributed by atoms with Crippen molar-refractivity contribution in [1.82, 2.24) is 0 Å². The van der Waals surface area contributed by atoms with Crippen molar-refractivity contribution in [1.29, 1.82) is 0 Å². The molecule has 11 heteroatoms. The summed E-state index contributed by atoms with van der Waals surface area (Å²) in [5.74, 6) is 1.73. The van der Waals surface area contributed by atoms with Gasteiger partial charge in [-0.1, -0.05) is 215 Å². The van der Waals surface area contributed by atoms with Gasteiger partial charge in [-0.15, -0.1) is 0 Å². The Labute approximate surface area is 473 Å². The number of rotatable bonds is 0. The number of hydrogen-bond acceptors (Lipinski definition) is 8. The van der Waals surface area contributed by atoms with Crippen LogP contribution in [0.25, 0.3) is 0 Å². The SMILES string of the molecule is CC(C)(C)c1cc2c(c(C(C)(C)C)c1)OP(=O)([O-])Oc1c(cc(C(C)(C)C)cc1C(C)(C)C)CCC2.CC(C)(C)c1cc2c(c(C(C)(C)C)c1)OP(=O)([O-])Oc1c(cc(C(C)(C)C)cc1C(C)(C)C)CCC2.[Ca+2]. The molecular weight excluding hydrogens is 975 g/mol. The molecule has 2 aliphatic rings. The molecule has 2 heterocycles. The van der Waals surface area contributed by atoms with Gasteiger partial charge in [0.25, 0.3) is 0 Å². The molecule has 0 fully saturated rings. The molecule has 400 valence electrons. The third kappa shape index (κ3) is 15.9. The Kier molecular flexibility index (Phi) is 18.6. The molecule has 0 aromatic heterocycles. The predicted octanol–water partition coefficient (Wildman–Crippen LogP) is 16.2. The van der Waals surface area contributed by atoms with Crippen molar-refractivity contribution >= 4 is 53.4 Å². The van der Waals surface area contributed by atoms with Gasteiger partial charge < -0.3 is 27.9 Å². The number of phosphoric ester groups is 2. The predicted molar refractivity (Wildman–Crippen MR) is 303 cm³/mol. The van der Waals surface area contributed by atoms with Crippen LogP contribution in [-0.2, 0) is 78.1 Å². The van der Waals surface area contributed by atoms with E-state index in [2.05, 4.69) is 215 Å². The fourth-order valence-electron chi connectivity index (χ4n) is 9.31. The molecule has 0 saturated heterocycles. The number of fused-ring (bicyclic) bond motifs is 4. The van der Waals surface area contributed by atoms with E-state index in [4.69, 9.17) is 18.1 Å². The molecule has 6 rings (SSSR count). The van der Waals surface area contributed by atoms with Crippen molar-refractivity contribution in [3.05, 3.63) is 115 Å². The molecule has 73 heavy (non-hydrogen) atoms. The van der Waals surface area contributed by atoms with Crippen LogP contribution < -0.4 is 27.9 Å². The summed E-state index contributed by atoms with van der Waals surface area (Å²) in [5, 5.41) is 0. The van der Waals surface area contributed by atoms with Gasteiger partial charge in [-0.05, 0) is 126 Å². The molecule has 0 aliphatic carbocycles. The molecular formula is C62H92CaO8P2. The first-order valence-corrected chi connectivity index (χ1v) is 29.2. The second-order valence-corrected chi connectivity index (χ2v) is 31.5. The molecule has 0 radical (unpaired) electrons. The first kappa shape index (κ1) is 63.3. The van der Waals surface area contributed by atoms with E-state index in [-0.39, 0.29) is 81.1 Å². The van der Waals surface area contributed by atoms with Gasteiger partial charge >= 0.3 is 53.4 Å². The Hall–Kier alpha value is -2.28. The van der Waals surface area contributed by atoms with Crippen molar-refractivity contribution in [3.8, 4) is 23.0 Å². The first-order chi connectivity index (χ1) is 32.2. The Morgan fingerprint density at radius 2 is 0.479 bits per heavy atom. The second kappa shape index (κ2) is 21.5. The molecule has 0 bridgehead atoms. The van der Waals surface area contributed by atoms with Crippen molar-refractivity contribution in [2.75, 3.05) is 0 Å². The zero-order valence-corrected chi connectivity index (χ0v) is 53.7. The van der Waals surface area contributed by atoms with E-state index >= 15 is 0 Å². The van der Waals surface area contributed by atoms with Crippen LogP contribution in [0.15, 0.2) is 48.5 Å². The maximum Gasteiger partial charge on any atom is 2.00 e. The van der Waals surface area contributed by atoms with E-state index in [0.29, 0.717) is 23.0 Å². The minimum absolute atomic E-state index is 0. The van der Waals surface area contributed by atoms with Crippen LogP contribution in [0.4, 0.5) is 0 Å². The molecule has 0 unspecified atom stereocenters. The van der Waals surface area contributed by atoms with Crippen LogP contribution in [0, 0.1) is 0 Å². The molecule has 0 amide bonds. The van der Waals surface area contributed by atoms with Gasteiger partial charge in [-0.25, -0.2) is 9.13 Å². The summed E-state index contributed by atoms with van der Waals surface area (Å²) in [6.45, 7) is 51.3. The van der Waals surface area contributed by atoms with Gasteiger partial charge in [0, 0.05) is 22.3 Å². The topological polar surface area (TPSA) is 117 Å². The number of aryl methyl sites for hydroxylation is 4. The van der Waals surface area contributed by atoms with Gasteiger partial charge in [-0.3, -0.25) is 0 Å². The fourth-order valence-corrected chi connectivity index (χ4v) is 11.1. The van der Waals surface area contributed by atoms with Crippen LogP contribution >= 0.6 is 15.6 Å². The van der Waals surface area contributed by atoms with Crippen LogP contribution in [-0.4, -0.2) is 37.7 Å². The monoisotopic (exact) mass is 1070 g/mol. The standard InChI is InChI=1S/2C31H47O4P.Ca/c2*1-28(2,3)22-16-20-14-13-15-21-17-23(29(4,5)6)19-25(31(10,11)12)27(21)35-36(32,33)34-26(20)24(18-22)30(7,8)9;/h2*16-19H,13-15H2,1-12H3,(H,32,33);/q;;+2/p-2. The van der Waals surface area contributed by atoms with Crippen molar-refractivity contribution < 1.29 is 37.0 Å². The summed E-state index contributed by atoms with van der Waals surface area (Å²) in [5.41, 5.74) is 10.5. The summed E-state index contributed by atoms with van der Waals surface area (Å²) in [6, 6.07) is 16.9. The summed E-state index contributed by atoms with van der Waals surface area (Å²) in [4.78, 5) is 27.0. The summed E-state index contributed by atoms with van der Waals surface area (Å²) >= 11 is 0. The van der Waals surface area contributed by atoms with Crippen LogP contribution in [0.1, 0.15) is 246 Å². The maximum atomic E-state index is 13.5. The van der Waals surface area contributed by atoms with Crippen LogP contribution in [0.2, 0.25) is 0 Å². The van der Waals surface area contributed by atoms with Crippen molar-refractivity contribution in [2.45, 2.75) is 248 Å². The summed E-state index contributed by atoms with van der Waals surface area (Å²) < 4.78 is 50.6. The van der Waals surface area contributed by atoms with E-state index in [1.807, 2.05) is 0 Å². The molecule has 4 aromatic rings. The first-order valence-electron chi connectivity index (χ1n) is 26.3. The normalized spacial score (nSPS) is 16.7. The Balaban J connectivity index is 0.000000312. The maximum absolute atomic E-state index is 13.5. The Morgan fingerprint density at radius 3 is 0.616 bits per heavy atom. The zero-order chi connectivity index (χ0) is 55.0. The van der Waals surface area contributed by atoms with E-state index < -0.39 is 15.6 Å². The van der Waals surface area contributed by atoms with E-state index in [9.17, 15) is 18.9 Å². The van der Waals surface area contributed by atoms with Gasteiger partial charge in [-0.2, -0.15) is 0 Å². The fraction of sp³-hybridized carbons (Fsp3) is 0.613. The van der Waals surface area contributed by atoms with Crippen LogP contribution in [0.5, 0.6) is 23.0 Å². The Bertz CT molecular complexity index is 2380. The van der Waals surface area contributed by atoms with Crippen molar-refractivity contribution in [2.24, 2.45) is 0 Å². The zero-order valence-electron chi connectivity index (χ0n) is 49.7. The molecule has 2 aliphatic heterocycles. The minimum atomic E-state index is -4.72.